The van der Waals surface area contributed by atoms with Crippen LogP contribution in [0.4, 0.5) is 5.69 Å². The lowest BCUT2D eigenvalue weighted by Gasteiger charge is -2.29. The monoisotopic (exact) mass is 394 g/mol. The third-order valence-electron chi connectivity index (χ3n) is 5.84. The summed E-state index contributed by atoms with van der Waals surface area (Å²) in [5, 5.41) is 0. The molecule has 2 aliphatic rings. The predicted molar refractivity (Wildman–Crippen MR) is 111 cm³/mol. The summed E-state index contributed by atoms with van der Waals surface area (Å²) < 4.78 is 10.8. The van der Waals surface area contributed by atoms with Gasteiger partial charge in [0.25, 0.3) is 0 Å². The van der Waals surface area contributed by atoms with E-state index in [-0.39, 0.29) is 11.7 Å². The van der Waals surface area contributed by atoms with Gasteiger partial charge in [0.15, 0.2) is 17.3 Å². The summed E-state index contributed by atoms with van der Waals surface area (Å²) in [6.45, 7) is 4.19. The molecule has 2 heterocycles. The lowest BCUT2D eigenvalue weighted by atomic mass is 9.98. The van der Waals surface area contributed by atoms with Gasteiger partial charge in [0.2, 0.25) is 5.91 Å². The van der Waals surface area contributed by atoms with Crippen LogP contribution in [-0.4, -0.2) is 50.4 Å². The van der Waals surface area contributed by atoms with Crippen molar-refractivity contribution in [3.05, 3.63) is 52.6 Å². The van der Waals surface area contributed by atoms with E-state index in [1.807, 2.05) is 30.3 Å². The average molecular weight is 394 g/mol. The van der Waals surface area contributed by atoms with E-state index in [1.54, 1.807) is 26.0 Å². The molecule has 6 nitrogen and oxygen atoms in total. The summed E-state index contributed by atoms with van der Waals surface area (Å²) >= 11 is 0. The molecule has 0 unspecified atom stereocenters. The number of benzene rings is 2. The van der Waals surface area contributed by atoms with Crippen LogP contribution in [0.2, 0.25) is 0 Å². The number of anilines is 1. The van der Waals surface area contributed by atoms with Gasteiger partial charge in [-0.25, -0.2) is 0 Å². The van der Waals surface area contributed by atoms with Crippen molar-refractivity contribution in [2.45, 2.75) is 26.3 Å². The topological polar surface area (TPSA) is 59.1 Å². The third-order valence-corrected chi connectivity index (χ3v) is 5.84. The Kier molecular flexibility index (Phi) is 5.28. The van der Waals surface area contributed by atoms with E-state index in [2.05, 4.69) is 4.90 Å². The molecule has 2 aromatic rings. The Balaban J connectivity index is 1.47. The maximum atomic E-state index is 12.9. The van der Waals surface area contributed by atoms with E-state index < -0.39 is 0 Å². The fraction of sp³-hybridized carbons (Fsp3) is 0.391. The number of amides is 1. The first-order valence-corrected chi connectivity index (χ1v) is 9.90. The minimum absolute atomic E-state index is 0.0434. The highest BCUT2D eigenvalue weighted by molar-refractivity contribution is 6.00. The van der Waals surface area contributed by atoms with Crippen LogP contribution in [0.3, 0.4) is 0 Å². The zero-order chi connectivity index (χ0) is 20.5. The molecule has 0 aliphatic carbocycles. The minimum atomic E-state index is 0.0434. The van der Waals surface area contributed by atoms with Crippen molar-refractivity contribution in [1.82, 2.24) is 4.90 Å². The molecule has 0 saturated carbocycles. The lowest BCUT2D eigenvalue weighted by molar-refractivity contribution is -0.116. The van der Waals surface area contributed by atoms with E-state index in [1.165, 1.54) is 11.1 Å². The second-order valence-electron chi connectivity index (χ2n) is 7.62. The molecule has 4 rings (SSSR count). The van der Waals surface area contributed by atoms with E-state index >= 15 is 0 Å². The fourth-order valence-electron chi connectivity index (χ4n) is 4.27. The molecule has 0 spiro atoms. The first-order chi connectivity index (χ1) is 14.0. The minimum Gasteiger partial charge on any atom is -0.493 e. The summed E-state index contributed by atoms with van der Waals surface area (Å²) in [6.07, 6.45) is 1.68. The van der Waals surface area contributed by atoms with Crippen molar-refractivity contribution >= 4 is 17.4 Å². The zero-order valence-electron chi connectivity index (χ0n) is 17.2. The Morgan fingerprint density at radius 1 is 0.931 bits per heavy atom. The lowest BCUT2D eigenvalue weighted by Crippen LogP contribution is -2.35. The van der Waals surface area contributed by atoms with Crippen LogP contribution in [0, 0.1) is 0 Å². The number of rotatable bonds is 5. The van der Waals surface area contributed by atoms with Crippen molar-refractivity contribution in [3.8, 4) is 11.5 Å². The van der Waals surface area contributed by atoms with E-state index in [9.17, 15) is 9.59 Å². The standard InChI is InChI=1S/C23H26N2O4/c1-15(26)25-9-7-17-10-18(4-5-20(17)25)21(27)14-24-8-6-16-11-22(28-2)23(29-3)12-19(16)13-24/h4-5,10-12H,6-9,13-14H2,1-3H3. The Hall–Kier alpha value is -2.86. The van der Waals surface area contributed by atoms with Crippen LogP contribution in [0.15, 0.2) is 30.3 Å². The van der Waals surface area contributed by atoms with Gasteiger partial charge < -0.3 is 14.4 Å². The normalized spacial score (nSPS) is 15.6. The van der Waals surface area contributed by atoms with Gasteiger partial charge >= 0.3 is 0 Å². The van der Waals surface area contributed by atoms with E-state index in [0.717, 1.165) is 36.4 Å². The second-order valence-corrected chi connectivity index (χ2v) is 7.62. The number of carbonyl (C=O) groups excluding carboxylic acids is 2. The Morgan fingerprint density at radius 2 is 1.62 bits per heavy atom. The van der Waals surface area contributed by atoms with Gasteiger partial charge in [-0.1, -0.05) is 0 Å². The number of ether oxygens (including phenoxy) is 2. The molecule has 0 radical (unpaired) electrons. The number of ketones is 1. The molecular formula is C23H26N2O4. The highest BCUT2D eigenvalue weighted by Gasteiger charge is 2.25. The molecule has 0 saturated heterocycles. The summed E-state index contributed by atoms with van der Waals surface area (Å²) in [5.41, 5.74) is 5.14. The highest BCUT2D eigenvalue weighted by Crippen LogP contribution is 2.33. The van der Waals surface area contributed by atoms with Crippen LogP contribution in [0.5, 0.6) is 11.5 Å². The van der Waals surface area contributed by atoms with Crippen molar-refractivity contribution in [2.24, 2.45) is 0 Å². The number of hydrogen-bond acceptors (Lipinski definition) is 5. The van der Waals surface area contributed by atoms with E-state index in [4.69, 9.17) is 9.47 Å². The number of Topliss-reactive ketones (excluding diaryl/α,β-unsaturated/α-hetero) is 1. The van der Waals surface area contributed by atoms with Gasteiger partial charge in [-0.05, 0) is 59.9 Å². The maximum absolute atomic E-state index is 12.9. The summed E-state index contributed by atoms with van der Waals surface area (Å²) in [4.78, 5) is 28.6. The van der Waals surface area contributed by atoms with Gasteiger partial charge in [-0.3, -0.25) is 14.5 Å². The molecule has 0 aromatic heterocycles. The number of hydrogen-bond donors (Lipinski definition) is 0. The largest absolute Gasteiger partial charge is 0.493 e. The molecule has 152 valence electrons. The SMILES string of the molecule is COc1cc2c(cc1OC)CN(CC(=O)c1ccc3c(c1)CCN3C(C)=O)CC2. The number of fused-ring (bicyclic) bond motifs is 2. The Morgan fingerprint density at radius 3 is 2.31 bits per heavy atom. The first-order valence-electron chi connectivity index (χ1n) is 9.90. The van der Waals surface area contributed by atoms with Gasteiger partial charge in [-0.2, -0.15) is 0 Å². The molecule has 0 N–H and O–H groups in total. The van der Waals surface area contributed by atoms with Crippen molar-refractivity contribution in [1.29, 1.82) is 0 Å². The second kappa shape index (κ2) is 7.87. The smallest absolute Gasteiger partial charge is 0.223 e. The summed E-state index contributed by atoms with van der Waals surface area (Å²) in [5.74, 6) is 1.61. The maximum Gasteiger partial charge on any atom is 0.223 e. The average Bonchev–Trinajstić information content (AvgIpc) is 3.16. The predicted octanol–water partition coefficient (Wildman–Crippen LogP) is 2.85. The summed E-state index contributed by atoms with van der Waals surface area (Å²) in [7, 11) is 3.28. The fourth-order valence-corrected chi connectivity index (χ4v) is 4.27. The first kappa shape index (κ1) is 19.5. The van der Waals surface area contributed by atoms with Crippen LogP contribution in [0.25, 0.3) is 0 Å². The van der Waals surface area contributed by atoms with Crippen LogP contribution in [-0.2, 0) is 24.2 Å². The highest BCUT2D eigenvalue weighted by atomic mass is 16.5. The van der Waals surface area contributed by atoms with Crippen molar-refractivity contribution < 1.29 is 19.1 Å². The molecule has 29 heavy (non-hydrogen) atoms. The van der Waals surface area contributed by atoms with E-state index in [0.29, 0.717) is 30.9 Å². The van der Waals surface area contributed by atoms with Crippen molar-refractivity contribution in [2.75, 3.05) is 38.8 Å². The van der Waals surface area contributed by atoms with Gasteiger partial charge in [0.1, 0.15) is 0 Å². The molecule has 2 aromatic carbocycles. The molecule has 1 amide bonds. The van der Waals surface area contributed by atoms with Crippen LogP contribution >= 0.6 is 0 Å². The summed E-state index contributed by atoms with van der Waals surface area (Å²) in [6, 6.07) is 9.74. The van der Waals surface area contributed by atoms with Gasteiger partial charge in [-0.15, -0.1) is 0 Å². The molecule has 6 heteroatoms. The molecule has 2 aliphatic heterocycles. The molecule has 0 bridgehead atoms. The molecular weight excluding hydrogens is 368 g/mol. The molecule has 0 atom stereocenters. The quantitative estimate of drug-likeness (QED) is 0.730. The van der Waals surface area contributed by atoms with Crippen LogP contribution in [0.1, 0.15) is 34.0 Å². The zero-order valence-corrected chi connectivity index (χ0v) is 17.2. The number of methoxy groups -OCH3 is 2. The number of nitrogens with zero attached hydrogens (tertiary/aromatic N) is 2. The Bertz CT molecular complexity index is 970. The van der Waals surface area contributed by atoms with Crippen molar-refractivity contribution in [3.63, 3.8) is 0 Å². The van der Waals surface area contributed by atoms with Crippen LogP contribution < -0.4 is 14.4 Å². The molecule has 0 fully saturated rings. The Labute approximate surface area is 171 Å². The number of carbonyl (C=O) groups is 2. The third kappa shape index (κ3) is 3.72. The van der Waals surface area contributed by atoms with Gasteiger partial charge in [0.05, 0.1) is 20.8 Å². The van der Waals surface area contributed by atoms with Gasteiger partial charge in [0, 0.05) is 37.8 Å².